The summed E-state index contributed by atoms with van der Waals surface area (Å²) >= 11 is 0. The predicted octanol–water partition coefficient (Wildman–Crippen LogP) is 1.31. The largest absolute Gasteiger partial charge is 0.444 e. The van der Waals surface area contributed by atoms with Crippen LogP contribution in [0, 0.1) is 0 Å². The monoisotopic (exact) mass is 212 g/mol. The summed E-state index contributed by atoms with van der Waals surface area (Å²) in [5.74, 6) is 0. The zero-order valence-electron chi connectivity index (χ0n) is 9.82. The summed E-state index contributed by atoms with van der Waals surface area (Å²) in [6.07, 6.45) is 0.952. The molecule has 2 saturated heterocycles. The van der Waals surface area contributed by atoms with Crippen LogP contribution in [-0.2, 0) is 4.74 Å². The lowest BCUT2D eigenvalue weighted by molar-refractivity contribution is 0.0103. The van der Waals surface area contributed by atoms with Gasteiger partial charge in [0.05, 0.1) is 0 Å². The molecular formula is C11H20N2O2. The first-order valence-corrected chi connectivity index (χ1v) is 5.68. The van der Waals surface area contributed by atoms with Crippen molar-refractivity contribution in [1.29, 1.82) is 0 Å². The summed E-state index contributed by atoms with van der Waals surface area (Å²) in [7, 11) is 0. The number of carbonyl (C=O) groups excluding carboxylic acids is 1. The molecule has 0 aromatic heterocycles. The third-order valence-corrected chi connectivity index (χ3v) is 2.97. The van der Waals surface area contributed by atoms with Gasteiger partial charge in [0.15, 0.2) is 0 Å². The van der Waals surface area contributed by atoms with Crippen molar-refractivity contribution in [2.45, 2.75) is 38.8 Å². The van der Waals surface area contributed by atoms with E-state index in [1.54, 1.807) is 0 Å². The number of fused-ring (bicyclic) bond motifs is 2. The SMILES string of the molecule is CC(C)(C)OC(=O)N1CCN2CCC1C2. The van der Waals surface area contributed by atoms with Crippen molar-refractivity contribution in [2.24, 2.45) is 0 Å². The number of hydrogen-bond acceptors (Lipinski definition) is 3. The van der Waals surface area contributed by atoms with E-state index in [4.69, 9.17) is 4.74 Å². The van der Waals surface area contributed by atoms with Gasteiger partial charge in [-0.25, -0.2) is 4.79 Å². The third-order valence-electron chi connectivity index (χ3n) is 2.97. The maximum Gasteiger partial charge on any atom is 0.410 e. The number of hydrogen-bond donors (Lipinski definition) is 0. The first kappa shape index (κ1) is 10.7. The van der Waals surface area contributed by atoms with Gasteiger partial charge < -0.3 is 9.64 Å². The number of nitrogens with zero attached hydrogens (tertiary/aromatic N) is 2. The Balaban J connectivity index is 1.95. The van der Waals surface area contributed by atoms with Crippen molar-refractivity contribution in [3.05, 3.63) is 0 Å². The smallest absolute Gasteiger partial charge is 0.410 e. The molecule has 0 aromatic rings. The molecular weight excluding hydrogens is 192 g/mol. The number of carbonyl (C=O) groups is 1. The molecule has 2 rings (SSSR count). The molecule has 2 atom stereocenters. The van der Waals surface area contributed by atoms with Crippen LogP contribution in [0.1, 0.15) is 27.2 Å². The summed E-state index contributed by atoms with van der Waals surface area (Å²) < 4.78 is 5.40. The average molecular weight is 212 g/mol. The molecule has 2 bridgehead atoms. The highest BCUT2D eigenvalue weighted by molar-refractivity contribution is 5.68. The maximum absolute atomic E-state index is 11.9. The predicted molar refractivity (Wildman–Crippen MR) is 57.8 cm³/mol. The van der Waals surface area contributed by atoms with E-state index in [9.17, 15) is 4.79 Å². The van der Waals surface area contributed by atoms with Gasteiger partial charge in [-0.1, -0.05) is 0 Å². The zero-order valence-corrected chi connectivity index (χ0v) is 9.82. The molecule has 15 heavy (non-hydrogen) atoms. The minimum absolute atomic E-state index is 0.144. The molecule has 2 heterocycles. The van der Waals surface area contributed by atoms with E-state index < -0.39 is 0 Å². The number of amides is 1. The minimum Gasteiger partial charge on any atom is -0.444 e. The molecule has 2 aliphatic rings. The Hall–Kier alpha value is -0.770. The van der Waals surface area contributed by atoms with Crippen LogP contribution in [-0.4, -0.2) is 53.7 Å². The first-order chi connectivity index (χ1) is 6.96. The van der Waals surface area contributed by atoms with Crippen molar-refractivity contribution < 1.29 is 9.53 Å². The van der Waals surface area contributed by atoms with Gasteiger partial charge in [0.1, 0.15) is 5.60 Å². The number of piperazine rings is 1. The highest BCUT2D eigenvalue weighted by Gasteiger charge is 2.36. The molecule has 1 amide bonds. The van der Waals surface area contributed by atoms with Crippen LogP contribution < -0.4 is 0 Å². The summed E-state index contributed by atoms with van der Waals surface area (Å²) in [5.41, 5.74) is -0.382. The van der Waals surface area contributed by atoms with Crippen LogP contribution in [0.5, 0.6) is 0 Å². The summed E-state index contributed by atoms with van der Waals surface area (Å²) in [5, 5.41) is 0. The van der Waals surface area contributed by atoms with Crippen molar-refractivity contribution in [3.8, 4) is 0 Å². The fourth-order valence-electron chi connectivity index (χ4n) is 2.26. The fourth-order valence-corrected chi connectivity index (χ4v) is 2.26. The Morgan fingerprint density at radius 3 is 2.67 bits per heavy atom. The number of rotatable bonds is 0. The standard InChI is InChI=1S/C11H20N2O2/c1-11(2,3)15-10(14)13-7-6-12-5-4-9(13)8-12/h9H,4-8H2,1-3H3. The van der Waals surface area contributed by atoms with Gasteiger partial charge in [-0.3, -0.25) is 4.90 Å². The molecule has 0 spiro atoms. The van der Waals surface area contributed by atoms with Crippen molar-refractivity contribution >= 4 is 6.09 Å². The van der Waals surface area contributed by atoms with E-state index in [2.05, 4.69) is 4.90 Å². The molecule has 0 radical (unpaired) electrons. The Bertz CT molecular complexity index is 260. The van der Waals surface area contributed by atoms with E-state index in [1.807, 2.05) is 25.7 Å². The van der Waals surface area contributed by atoms with Crippen molar-refractivity contribution in [1.82, 2.24) is 9.80 Å². The minimum atomic E-state index is -0.382. The van der Waals surface area contributed by atoms with Crippen LogP contribution in [0.2, 0.25) is 0 Å². The fraction of sp³-hybridized carbons (Fsp3) is 0.909. The molecule has 86 valence electrons. The Morgan fingerprint density at radius 2 is 2.00 bits per heavy atom. The van der Waals surface area contributed by atoms with Crippen LogP contribution in [0.3, 0.4) is 0 Å². The van der Waals surface area contributed by atoms with E-state index >= 15 is 0 Å². The normalized spacial score (nSPS) is 30.5. The highest BCUT2D eigenvalue weighted by Crippen LogP contribution is 2.22. The topological polar surface area (TPSA) is 32.8 Å². The zero-order chi connectivity index (χ0) is 11.1. The Labute approximate surface area is 91.2 Å². The number of ether oxygens (including phenoxy) is 1. The summed E-state index contributed by atoms with van der Waals surface area (Å²) in [6, 6.07) is 0.383. The average Bonchev–Trinajstić information content (AvgIpc) is 2.45. The van der Waals surface area contributed by atoms with Gasteiger partial charge in [-0.15, -0.1) is 0 Å². The van der Waals surface area contributed by atoms with Crippen LogP contribution >= 0.6 is 0 Å². The summed E-state index contributed by atoms with van der Waals surface area (Å²) in [4.78, 5) is 16.2. The van der Waals surface area contributed by atoms with Crippen LogP contribution in [0.25, 0.3) is 0 Å². The molecule has 2 fully saturated rings. The van der Waals surface area contributed by atoms with Gasteiger partial charge in [0, 0.05) is 32.2 Å². The first-order valence-electron chi connectivity index (χ1n) is 5.68. The molecule has 0 aromatic carbocycles. The lowest BCUT2D eigenvalue weighted by Crippen LogP contribution is -2.50. The van der Waals surface area contributed by atoms with Gasteiger partial charge in [-0.2, -0.15) is 0 Å². The van der Waals surface area contributed by atoms with E-state index in [1.165, 1.54) is 0 Å². The molecule has 2 aliphatic heterocycles. The molecule has 0 aliphatic carbocycles. The van der Waals surface area contributed by atoms with Gasteiger partial charge in [-0.05, 0) is 27.2 Å². The highest BCUT2D eigenvalue weighted by atomic mass is 16.6. The molecule has 0 N–H and O–H groups in total. The van der Waals surface area contributed by atoms with E-state index in [-0.39, 0.29) is 11.7 Å². The van der Waals surface area contributed by atoms with Crippen LogP contribution in [0.4, 0.5) is 4.79 Å². The molecule has 4 nitrogen and oxygen atoms in total. The van der Waals surface area contributed by atoms with Crippen molar-refractivity contribution in [3.63, 3.8) is 0 Å². The van der Waals surface area contributed by atoms with E-state index in [0.29, 0.717) is 6.04 Å². The quantitative estimate of drug-likeness (QED) is 0.607. The maximum atomic E-state index is 11.9. The van der Waals surface area contributed by atoms with Gasteiger partial charge in [0.2, 0.25) is 0 Å². The lowest BCUT2D eigenvalue weighted by Gasteiger charge is -2.35. The van der Waals surface area contributed by atoms with Crippen LogP contribution in [0.15, 0.2) is 0 Å². The van der Waals surface area contributed by atoms with Gasteiger partial charge in [0.25, 0.3) is 0 Å². The third kappa shape index (κ3) is 2.43. The second kappa shape index (κ2) is 3.67. The Morgan fingerprint density at radius 1 is 1.27 bits per heavy atom. The second-order valence-corrected chi connectivity index (χ2v) is 5.42. The second-order valence-electron chi connectivity index (χ2n) is 5.42. The van der Waals surface area contributed by atoms with Crippen molar-refractivity contribution in [2.75, 3.05) is 26.2 Å². The van der Waals surface area contributed by atoms with Gasteiger partial charge >= 0.3 is 6.09 Å². The lowest BCUT2D eigenvalue weighted by atomic mass is 10.2. The molecule has 2 unspecified atom stereocenters. The van der Waals surface area contributed by atoms with E-state index in [0.717, 1.165) is 32.6 Å². The molecule has 0 saturated carbocycles. The Kier molecular flexibility index (Phi) is 2.63. The summed E-state index contributed by atoms with van der Waals surface area (Å²) in [6.45, 7) is 9.71. The molecule has 4 heteroatoms.